The molecule has 1 aliphatic rings. The van der Waals surface area contributed by atoms with E-state index in [2.05, 4.69) is 10.2 Å². The Bertz CT molecular complexity index is 709. The Balaban J connectivity index is 0.000000186. The van der Waals surface area contributed by atoms with Crippen molar-refractivity contribution in [2.24, 2.45) is 17.3 Å². The molecule has 8 heteroatoms. The van der Waals surface area contributed by atoms with Gasteiger partial charge < -0.3 is 21.6 Å². The van der Waals surface area contributed by atoms with Crippen LogP contribution >= 0.6 is 0 Å². The lowest BCUT2D eigenvalue weighted by Gasteiger charge is -2.33. The summed E-state index contributed by atoms with van der Waals surface area (Å²) in [6.45, 7) is -0.125. The van der Waals surface area contributed by atoms with E-state index in [1.807, 2.05) is 30.3 Å². The van der Waals surface area contributed by atoms with E-state index in [0.717, 1.165) is 24.1 Å². The summed E-state index contributed by atoms with van der Waals surface area (Å²) in [5, 5.41) is 16.7. The fourth-order valence-electron chi connectivity index (χ4n) is 2.23. The van der Waals surface area contributed by atoms with Crippen LogP contribution < -0.4 is 17.3 Å². The third kappa shape index (κ3) is 5.33. The summed E-state index contributed by atoms with van der Waals surface area (Å²) >= 11 is 0. The zero-order valence-electron chi connectivity index (χ0n) is 13.9. The van der Waals surface area contributed by atoms with E-state index >= 15 is 0 Å². The number of nitrogens with one attached hydrogen (secondary N) is 1. The van der Waals surface area contributed by atoms with E-state index in [-0.39, 0.29) is 6.61 Å². The number of hydrogen-bond acceptors (Lipinski definition) is 6. The maximum atomic E-state index is 10.8. The maximum absolute atomic E-state index is 10.8. The molecule has 25 heavy (non-hydrogen) atoms. The van der Waals surface area contributed by atoms with Crippen molar-refractivity contribution in [3.05, 3.63) is 54.0 Å². The molecule has 134 valence electrons. The average molecular weight is 344 g/mol. The second kappa shape index (κ2) is 8.86. The van der Waals surface area contributed by atoms with Crippen molar-refractivity contribution >= 4 is 5.91 Å². The molecule has 1 aliphatic carbocycles. The molecule has 1 aromatic carbocycles. The summed E-state index contributed by atoms with van der Waals surface area (Å²) in [5.74, 6) is 5.12. The molecule has 0 bridgehead atoms. The lowest BCUT2D eigenvalue weighted by molar-refractivity contribution is 0.0995. The molecule has 1 fully saturated rings. The van der Waals surface area contributed by atoms with Gasteiger partial charge in [-0.2, -0.15) is 5.10 Å². The van der Waals surface area contributed by atoms with E-state index in [1.54, 1.807) is 17.3 Å². The van der Waals surface area contributed by atoms with E-state index in [0.29, 0.717) is 17.4 Å². The summed E-state index contributed by atoms with van der Waals surface area (Å²) in [4.78, 5) is 10.8. The number of rotatable bonds is 5. The molecule has 0 aliphatic heterocycles. The molecule has 0 spiro atoms. The molecule has 0 unspecified atom stereocenters. The zero-order valence-corrected chi connectivity index (χ0v) is 13.9. The highest BCUT2D eigenvalue weighted by molar-refractivity contribution is 5.91. The number of hydrazine groups is 1. The Morgan fingerprint density at radius 2 is 2.00 bits per heavy atom. The number of aromatic amines is 1. The van der Waals surface area contributed by atoms with Gasteiger partial charge in [0.25, 0.3) is 5.91 Å². The van der Waals surface area contributed by atoms with Crippen LogP contribution in [-0.2, 0) is 0 Å². The monoisotopic (exact) mass is 344 g/mol. The Kier molecular flexibility index (Phi) is 6.55. The third-order valence-corrected chi connectivity index (χ3v) is 3.91. The third-order valence-electron chi connectivity index (χ3n) is 3.91. The first-order valence-electron chi connectivity index (χ1n) is 8.02. The number of carbonyl (C=O) groups is 1. The smallest absolute Gasteiger partial charge is 0.266 e. The van der Waals surface area contributed by atoms with E-state index in [1.165, 1.54) is 6.42 Å². The second-order valence-electron chi connectivity index (χ2n) is 5.79. The average Bonchev–Trinajstić information content (AvgIpc) is 3.05. The molecule has 1 saturated carbocycles. The van der Waals surface area contributed by atoms with Crippen molar-refractivity contribution in [2.75, 3.05) is 6.61 Å². The molecule has 0 saturated heterocycles. The summed E-state index contributed by atoms with van der Waals surface area (Å²) in [5.41, 5.74) is 12.9. The molecule has 3 rings (SSSR count). The number of carbonyl (C=O) groups excluding carboxylic acids is 1. The van der Waals surface area contributed by atoms with Crippen LogP contribution in [0, 0.1) is 0 Å². The number of aliphatic hydroxyl groups excluding tert-OH is 1. The highest BCUT2D eigenvalue weighted by Crippen LogP contribution is 2.22. The standard InChI is InChI=1S/C10H9N3O.C7H15N3O/c11-10(14)9-6-8(12-13-9)7-4-2-1-3-5-7;8-6(5-11)4-10(9)7-2-1-3-7/h1-6H,(H2,11,14)(H,12,13);4,7,11H,1-3,5,8-9H2/b;6-4-. The minimum atomic E-state index is -0.500. The second-order valence-corrected chi connectivity index (χ2v) is 5.79. The quantitative estimate of drug-likeness (QED) is 0.398. The zero-order chi connectivity index (χ0) is 18.2. The first-order valence-corrected chi connectivity index (χ1v) is 8.02. The molecule has 0 atom stereocenters. The summed E-state index contributed by atoms with van der Waals surface area (Å²) in [7, 11) is 0. The Morgan fingerprint density at radius 3 is 2.48 bits per heavy atom. The van der Waals surface area contributed by atoms with Gasteiger partial charge >= 0.3 is 0 Å². The molecule has 8 N–H and O–H groups in total. The first-order chi connectivity index (χ1) is 12.0. The Hall–Kier alpha value is -2.84. The minimum absolute atomic E-state index is 0.125. The van der Waals surface area contributed by atoms with Crippen LogP contribution in [0.4, 0.5) is 0 Å². The summed E-state index contributed by atoms with van der Waals surface area (Å²) < 4.78 is 0. The van der Waals surface area contributed by atoms with Crippen LogP contribution in [0.3, 0.4) is 0 Å². The van der Waals surface area contributed by atoms with Gasteiger partial charge in [-0.15, -0.1) is 0 Å². The highest BCUT2D eigenvalue weighted by atomic mass is 16.3. The fourth-order valence-corrected chi connectivity index (χ4v) is 2.23. The van der Waals surface area contributed by atoms with Crippen molar-refractivity contribution in [3.8, 4) is 11.3 Å². The number of aliphatic hydroxyl groups is 1. The van der Waals surface area contributed by atoms with Crippen LogP contribution in [0.5, 0.6) is 0 Å². The number of nitrogens with two attached hydrogens (primary N) is 3. The van der Waals surface area contributed by atoms with Crippen molar-refractivity contribution in [3.63, 3.8) is 0 Å². The predicted octanol–water partition coefficient (Wildman–Crippen LogP) is 0.683. The summed E-state index contributed by atoms with van der Waals surface area (Å²) in [6, 6.07) is 11.6. The minimum Gasteiger partial charge on any atom is -0.399 e. The van der Waals surface area contributed by atoms with E-state index in [9.17, 15) is 4.79 Å². The van der Waals surface area contributed by atoms with Gasteiger partial charge in [-0.05, 0) is 25.3 Å². The number of aromatic nitrogens is 2. The van der Waals surface area contributed by atoms with Gasteiger partial charge in [-0.1, -0.05) is 30.3 Å². The Morgan fingerprint density at radius 1 is 1.32 bits per heavy atom. The van der Waals surface area contributed by atoms with Crippen molar-refractivity contribution < 1.29 is 9.90 Å². The van der Waals surface area contributed by atoms with Gasteiger partial charge in [0, 0.05) is 17.8 Å². The number of nitrogens with zero attached hydrogens (tertiary/aromatic N) is 2. The SMILES string of the molecule is N/C(=C\N(N)C1CCC1)CO.NC(=O)c1cc(-c2ccccc2)n[nH]1. The van der Waals surface area contributed by atoms with Gasteiger partial charge in [0.05, 0.1) is 18.0 Å². The van der Waals surface area contributed by atoms with Gasteiger partial charge in [-0.25, -0.2) is 5.84 Å². The number of hydrogen-bond donors (Lipinski definition) is 5. The van der Waals surface area contributed by atoms with Gasteiger partial charge in [0.1, 0.15) is 5.69 Å². The number of H-pyrrole nitrogens is 1. The van der Waals surface area contributed by atoms with Crippen molar-refractivity contribution in [2.45, 2.75) is 25.3 Å². The highest BCUT2D eigenvalue weighted by Gasteiger charge is 2.20. The van der Waals surface area contributed by atoms with Crippen molar-refractivity contribution in [1.29, 1.82) is 0 Å². The predicted molar refractivity (Wildman–Crippen MR) is 95.6 cm³/mol. The molecular weight excluding hydrogens is 320 g/mol. The number of benzene rings is 1. The molecule has 1 aromatic heterocycles. The first kappa shape index (κ1) is 18.5. The van der Waals surface area contributed by atoms with E-state index < -0.39 is 5.91 Å². The summed E-state index contributed by atoms with van der Waals surface area (Å²) in [6.07, 6.45) is 5.10. The maximum Gasteiger partial charge on any atom is 0.266 e. The van der Waals surface area contributed by atoms with Gasteiger partial charge in [0.15, 0.2) is 0 Å². The molecule has 8 nitrogen and oxygen atoms in total. The number of amides is 1. The molecule has 2 aromatic rings. The van der Waals surface area contributed by atoms with Gasteiger partial charge in [0.2, 0.25) is 0 Å². The van der Waals surface area contributed by atoms with Crippen LogP contribution in [0.25, 0.3) is 11.3 Å². The fraction of sp³-hybridized carbons (Fsp3) is 0.294. The van der Waals surface area contributed by atoms with Crippen LogP contribution in [0.15, 0.2) is 48.3 Å². The van der Waals surface area contributed by atoms with Gasteiger partial charge in [-0.3, -0.25) is 9.89 Å². The van der Waals surface area contributed by atoms with Crippen LogP contribution in [0.1, 0.15) is 29.8 Å². The van der Waals surface area contributed by atoms with Crippen LogP contribution in [0.2, 0.25) is 0 Å². The van der Waals surface area contributed by atoms with Crippen molar-refractivity contribution in [1.82, 2.24) is 15.2 Å². The lowest BCUT2D eigenvalue weighted by atomic mass is 9.93. The van der Waals surface area contributed by atoms with Crippen LogP contribution in [-0.4, -0.2) is 38.9 Å². The topological polar surface area (TPSA) is 147 Å². The van der Waals surface area contributed by atoms with E-state index in [4.69, 9.17) is 22.4 Å². The molecule has 1 amide bonds. The number of primary amides is 1. The molecule has 1 heterocycles. The largest absolute Gasteiger partial charge is 0.399 e. The normalized spacial score (nSPS) is 14.2. The molecule has 0 radical (unpaired) electrons. The lowest BCUT2D eigenvalue weighted by Crippen LogP contribution is -2.41. The Labute approximate surface area is 146 Å². The molecular formula is C17H24N6O2.